The zero-order chi connectivity index (χ0) is 13.0. The molecule has 1 aromatic rings. The Morgan fingerprint density at radius 3 is 3.00 bits per heavy atom. The molecule has 1 heterocycles. The van der Waals surface area contributed by atoms with Gasteiger partial charge in [-0.2, -0.15) is 0 Å². The summed E-state index contributed by atoms with van der Waals surface area (Å²) in [5, 5.41) is 3.22. The summed E-state index contributed by atoms with van der Waals surface area (Å²) in [6.07, 6.45) is 6.67. The maximum atomic E-state index is 11.5. The van der Waals surface area contributed by atoms with Crippen LogP contribution >= 0.6 is 0 Å². The van der Waals surface area contributed by atoms with Crippen LogP contribution in [0, 0.1) is 5.92 Å². The number of nitrogens with one attached hydrogen (secondary N) is 1. The molecule has 5 heteroatoms. The SMILES string of the molecule is COC(=O)c1cc(NCCC2CCC2)ncc1N. The van der Waals surface area contributed by atoms with Gasteiger partial charge in [-0.15, -0.1) is 0 Å². The molecule has 1 aliphatic rings. The number of pyridine rings is 1. The minimum atomic E-state index is -0.433. The van der Waals surface area contributed by atoms with Crippen molar-refractivity contribution in [3.8, 4) is 0 Å². The minimum absolute atomic E-state index is 0.339. The molecule has 1 aliphatic carbocycles. The Hall–Kier alpha value is -1.78. The van der Waals surface area contributed by atoms with Crippen molar-refractivity contribution in [2.75, 3.05) is 24.7 Å². The number of carbonyl (C=O) groups excluding carboxylic acids is 1. The quantitative estimate of drug-likeness (QED) is 0.781. The first-order chi connectivity index (χ1) is 8.70. The smallest absolute Gasteiger partial charge is 0.340 e. The lowest BCUT2D eigenvalue weighted by Crippen LogP contribution is -2.16. The van der Waals surface area contributed by atoms with Gasteiger partial charge in [0.15, 0.2) is 0 Å². The topological polar surface area (TPSA) is 77.2 Å². The molecule has 0 aromatic carbocycles. The van der Waals surface area contributed by atoms with Gasteiger partial charge in [-0.1, -0.05) is 19.3 Å². The van der Waals surface area contributed by atoms with Gasteiger partial charge in [0.25, 0.3) is 0 Å². The fourth-order valence-electron chi connectivity index (χ4n) is 2.04. The summed E-state index contributed by atoms with van der Waals surface area (Å²) in [5.74, 6) is 1.09. The number of methoxy groups -OCH3 is 1. The highest BCUT2D eigenvalue weighted by Crippen LogP contribution is 2.29. The lowest BCUT2D eigenvalue weighted by Gasteiger charge is -2.25. The predicted octanol–water partition coefficient (Wildman–Crippen LogP) is 2.05. The van der Waals surface area contributed by atoms with Gasteiger partial charge in [-0.3, -0.25) is 0 Å². The van der Waals surface area contributed by atoms with E-state index in [9.17, 15) is 4.79 Å². The van der Waals surface area contributed by atoms with Crippen molar-refractivity contribution in [1.29, 1.82) is 0 Å². The third kappa shape index (κ3) is 2.91. The van der Waals surface area contributed by atoms with Gasteiger partial charge in [0, 0.05) is 6.54 Å². The Labute approximate surface area is 107 Å². The number of hydrogen-bond donors (Lipinski definition) is 2. The standard InChI is InChI=1S/C13H19N3O2/c1-18-13(17)10-7-12(16-8-11(10)14)15-6-5-9-3-2-4-9/h7-9H,2-6,14H2,1H3,(H,15,16). The van der Waals surface area contributed by atoms with Gasteiger partial charge in [-0.05, 0) is 18.4 Å². The van der Waals surface area contributed by atoms with Crippen LogP contribution in [-0.4, -0.2) is 24.6 Å². The summed E-state index contributed by atoms with van der Waals surface area (Å²) in [7, 11) is 1.34. The molecular weight excluding hydrogens is 230 g/mol. The first-order valence-corrected chi connectivity index (χ1v) is 6.28. The van der Waals surface area contributed by atoms with Crippen LogP contribution in [0.25, 0.3) is 0 Å². The molecule has 1 fully saturated rings. The molecular formula is C13H19N3O2. The number of hydrogen-bond acceptors (Lipinski definition) is 5. The van der Waals surface area contributed by atoms with Crippen molar-refractivity contribution >= 4 is 17.5 Å². The van der Waals surface area contributed by atoms with Crippen LogP contribution in [0.2, 0.25) is 0 Å². The number of nitrogens with zero attached hydrogens (tertiary/aromatic N) is 1. The average Bonchev–Trinajstić information content (AvgIpc) is 2.33. The highest BCUT2D eigenvalue weighted by molar-refractivity contribution is 5.95. The number of nitrogen functional groups attached to an aromatic ring is 1. The Morgan fingerprint density at radius 2 is 2.39 bits per heavy atom. The molecule has 0 atom stereocenters. The Balaban J connectivity index is 1.93. The molecule has 0 aliphatic heterocycles. The molecule has 0 saturated heterocycles. The van der Waals surface area contributed by atoms with E-state index in [1.54, 1.807) is 6.07 Å². The molecule has 1 aromatic heterocycles. The van der Waals surface area contributed by atoms with E-state index in [4.69, 9.17) is 5.73 Å². The molecule has 0 bridgehead atoms. The summed E-state index contributed by atoms with van der Waals surface area (Å²) in [4.78, 5) is 15.6. The highest BCUT2D eigenvalue weighted by Gasteiger charge is 2.17. The molecule has 18 heavy (non-hydrogen) atoms. The molecule has 1 saturated carbocycles. The van der Waals surface area contributed by atoms with Crippen molar-refractivity contribution in [2.24, 2.45) is 5.92 Å². The van der Waals surface area contributed by atoms with Gasteiger partial charge in [0.2, 0.25) is 0 Å². The number of carbonyl (C=O) groups is 1. The molecule has 5 nitrogen and oxygen atoms in total. The van der Waals surface area contributed by atoms with E-state index >= 15 is 0 Å². The summed E-state index contributed by atoms with van der Waals surface area (Å²) in [5.41, 5.74) is 6.38. The first-order valence-electron chi connectivity index (χ1n) is 6.28. The lowest BCUT2D eigenvalue weighted by atomic mass is 9.83. The van der Waals surface area contributed by atoms with Crippen LogP contribution in [0.3, 0.4) is 0 Å². The summed E-state index contributed by atoms with van der Waals surface area (Å²) >= 11 is 0. The van der Waals surface area contributed by atoms with Crippen LogP contribution in [0.5, 0.6) is 0 Å². The van der Waals surface area contributed by atoms with Gasteiger partial charge >= 0.3 is 5.97 Å². The first kappa shape index (κ1) is 12.7. The predicted molar refractivity (Wildman–Crippen MR) is 70.4 cm³/mol. The molecule has 0 spiro atoms. The van der Waals surface area contributed by atoms with Crippen LogP contribution < -0.4 is 11.1 Å². The molecule has 3 N–H and O–H groups in total. The second kappa shape index (κ2) is 5.71. The zero-order valence-electron chi connectivity index (χ0n) is 10.6. The largest absolute Gasteiger partial charge is 0.465 e. The van der Waals surface area contributed by atoms with Crippen molar-refractivity contribution < 1.29 is 9.53 Å². The molecule has 98 valence electrons. The second-order valence-corrected chi connectivity index (χ2v) is 4.66. The number of ether oxygens (including phenoxy) is 1. The Morgan fingerprint density at radius 1 is 1.61 bits per heavy atom. The summed E-state index contributed by atoms with van der Waals surface area (Å²) in [6.45, 7) is 0.877. The van der Waals surface area contributed by atoms with Gasteiger partial charge < -0.3 is 15.8 Å². The van der Waals surface area contributed by atoms with Gasteiger partial charge in [0.05, 0.1) is 24.6 Å². The second-order valence-electron chi connectivity index (χ2n) is 4.66. The average molecular weight is 249 g/mol. The molecule has 0 radical (unpaired) electrons. The number of anilines is 2. The van der Waals surface area contributed by atoms with Crippen LogP contribution in [0.4, 0.5) is 11.5 Å². The summed E-state index contributed by atoms with van der Waals surface area (Å²) in [6, 6.07) is 1.64. The monoisotopic (exact) mass is 249 g/mol. The van der Waals surface area contributed by atoms with Crippen LogP contribution in [0.15, 0.2) is 12.3 Å². The van der Waals surface area contributed by atoms with E-state index < -0.39 is 5.97 Å². The van der Waals surface area contributed by atoms with Crippen molar-refractivity contribution in [1.82, 2.24) is 4.98 Å². The summed E-state index contributed by atoms with van der Waals surface area (Å²) < 4.78 is 4.67. The van der Waals surface area contributed by atoms with Gasteiger partial charge in [-0.25, -0.2) is 9.78 Å². The van der Waals surface area contributed by atoms with E-state index in [0.717, 1.165) is 18.9 Å². The number of nitrogens with two attached hydrogens (primary N) is 1. The normalized spacial score (nSPS) is 14.9. The number of aromatic nitrogens is 1. The third-order valence-corrected chi connectivity index (χ3v) is 3.42. The fraction of sp³-hybridized carbons (Fsp3) is 0.538. The van der Waals surface area contributed by atoms with E-state index in [1.165, 1.54) is 32.6 Å². The molecule has 0 unspecified atom stereocenters. The number of rotatable bonds is 5. The Bertz CT molecular complexity index is 430. The van der Waals surface area contributed by atoms with Crippen LogP contribution in [0.1, 0.15) is 36.0 Å². The molecule has 0 amide bonds. The third-order valence-electron chi connectivity index (χ3n) is 3.42. The molecule has 2 rings (SSSR count). The lowest BCUT2D eigenvalue weighted by molar-refractivity contribution is 0.0602. The van der Waals surface area contributed by atoms with Crippen molar-refractivity contribution in [2.45, 2.75) is 25.7 Å². The highest BCUT2D eigenvalue weighted by atomic mass is 16.5. The van der Waals surface area contributed by atoms with Gasteiger partial charge in [0.1, 0.15) is 5.82 Å². The zero-order valence-corrected chi connectivity index (χ0v) is 10.6. The van der Waals surface area contributed by atoms with Crippen LogP contribution in [-0.2, 0) is 4.74 Å². The van der Waals surface area contributed by atoms with Crippen molar-refractivity contribution in [3.63, 3.8) is 0 Å². The maximum Gasteiger partial charge on any atom is 0.340 e. The van der Waals surface area contributed by atoms with Crippen molar-refractivity contribution in [3.05, 3.63) is 17.8 Å². The maximum absolute atomic E-state index is 11.5. The Kier molecular flexibility index (Phi) is 4.02. The minimum Gasteiger partial charge on any atom is -0.465 e. The van der Waals surface area contributed by atoms with E-state index in [-0.39, 0.29) is 0 Å². The number of esters is 1. The van der Waals surface area contributed by atoms with E-state index in [1.807, 2.05) is 0 Å². The van der Waals surface area contributed by atoms with E-state index in [2.05, 4.69) is 15.0 Å². The van der Waals surface area contributed by atoms with E-state index in [0.29, 0.717) is 17.1 Å². The fourth-order valence-corrected chi connectivity index (χ4v) is 2.04.